The molecule has 2 aromatic carbocycles. The van der Waals surface area contributed by atoms with E-state index in [4.69, 9.17) is 11.6 Å². The van der Waals surface area contributed by atoms with Crippen LogP contribution in [0.4, 0.5) is 11.4 Å². The lowest BCUT2D eigenvalue weighted by molar-refractivity contribution is -0.114. The summed E-state index contributed by atoms with van der Waals surface area (Å²) in [4.78, 5) is 23.2. The maximum Gasteiger partial charge on any atom is 0.248 e. The molecule has 2 amide bonds. The number of rotatable bonds is 4. The van der Waals surface area contributed by atoms with E-state index in [1.165, 1.54) is 13.0 Å². The summed E-state index contributed by atoms with van der Waals surface area (Å²) in [5.41, 5.74) is 2.97. The van der Waals surface area contributed by atoms with Gasteiger partial charge in [0, 0.05) is 29.4 Å². The average Bonchev–Trinajstić information content (AvgIpc) is 2.49. The van der Waals surface area contributed by atoms with Gasteiger partial charge in [-0.15, -0.1) is 0 Å². The normalized spacial score (nSPS) is 10.6. The van der Waals surface area contributed by atoms with Gasteiger partial charge in [-0.2, -0.15) is 0 Å². The van der Waals surface area contributed by atoms with Crippen molar-refractivity contribution in [3.63, 3.8) is 0 Å². The van der Waals surface area contributed by atoms with Crippen molar-refractivity contribution in [3.05, 3.63) is 64.7 Å². The van der Waals surface area contributed by atoms with E-state index in [0.717, 1.165) is 11.1 Å². The summed E-state index contributed by atoms with van der Waals surface area (Å²) in [6.45, 7) is 3.32. The predicted molar refractivity (Wildman–Crippen MR) is 94.6 cm³/mol. The van der Waals surface area contributed by atoms with E-state index >= 15 is 0 Å². The van der Waals surface area contributed by atoms with Crippen LogP contribution < -0.4 is 10.6 Å². The fraction of sp³-hybridized carbons (Fsp3) is 0.111. The summed E-state index contributed by atoms with van der Waals surface area (Å²) in [6, 6.07) is 12.6. The van der Waals surface area contributed by atoms with Crippen molar-refractivity contribution in [3.8, 4) is 0 Å². The molecule has 5 heteroatoms. The molecular formula is C18H17ClN2O2. The van der Waals surface area contributed by atoms with E-state index < -0.39 is 0 Å². The Labute approximate surface area is 140 Å². The zero-order valence-corrected chi connectivity index (χ0v) is 13.6. The predicted octanol–water partition coefficient (Wildman–Crippen LogP) is 4.26. The number of carbonyl (C=O) groups is 2. The van der Waals surface area contributed by atoms with Crippen molar-refractivity contribution in [2.45, 2.75) is 13.8 Å². The van der Waals surface area contributed by atoms with E-state index in [1.54, 1.807) is 24.3 Å². The van der Waals surface area contributed by atoms with Crippen LogP contribution in [-0.4, -0.2) is 11.8 Å². The molecule has 0 fully saturated rings. The molecule has 0 spiro atoms. The molecule has 0 saturated heterocycles. The van der Waals surface area contributed by atoms with Crippen LogP contribution in [0.15, 0.2) is 48.5 Å². The Morgan fingerprint density at radius 2 is 1.83 bits per heavy atom. The highest BCUT2D eigenvalue weighted by Gasteiger charge is 2.04. The summed E-state index contributed by atoms with van der Waals surface area (Å²) in [6.07, 6.45) is 3.07. The summed E-state index contributed by atoms with van der Waals surface area (Å²) in [7, 11) is 0. The molecule has 0 heterocycles. The lowest BCUT2D eigenvalue weighted by Crippen LogP contribution is -2.10. The third kappa shape index (κ3) is 4.97. The van der Waals surface area contributed by atoms with Crippen molar-refractivity contribution < 1.29 is 9.59 Å². The minimum atomic E-state index is -0.275. The highest BCUT2D eigenvalue weighted by Crippen LogP contribution is 2.20. The Hall–Kier alpha value is -2.59. The second-order valence-corrected chi connectivity index (χ2v) is 5.46. The Morgan fingerprint density at radius 1 is 1.09 bits per heavy atom. The largest absolute Gasteiger partial charge is 0.326 e. The van der Waals surface area contributed by atoms with E-state index in [-0.39, 0.29) is 11.8 Å². The number of carbonyl (C=O) groups excluding carboxylic acids is 2. The quantitative estimate of drug-likeness (QED) is 0.824. The molecule has 0 aromatic heterocycles. The van der Waals surface area contributed by atoms with Gasteiger partial charge >= 0.3 is 0 Å². The lowest BCUT2D eigenvalue weighted by atomic mass is 10.1. The zero-order chi connectivity index (χ0) is 16.8. The van der Waals surface area contributed by atoms with Gasteiger partial charge in [-0.3, -0.25) is 9.59 Å². The van der Waals surface area contributed by atoms with Crippen LogP contribution >= 0.6 is 11.6 Å². The molecule has 0 aliphatic heterocycles. The van der Waals surface area contributed by atoms with Crippen LogP contribution in [0.5, 0.6) is 0 Å². The van der Waals surface area contributed by atoms with Gasteiger partial charge < -0.3 is 10.6 Å². The number of nitrogens with one attached hydrogen (secondary N) is 2. The Bertz CT molecular complexity index is 769. The zero-order valence-electron chi connectivity index (χ0n) is 12.9. The minimum absolute atomic E-state index is 0.157. The van der Waals surface area contributed by atoms with Gasteiger partial charge in [-0.1, -0.05) is 35.9 Å². The van der Waals surface area contributed by atoms with Crippen molar-refractivity contribution in [1.82, 2.24) is 0 Å². The highest BCUT2D eigenvalue weighted by molar-refractivity contribution is 6.32. The Kier molecular flexibility index (Phi) is 5.55. The average molecular weight is 329 g/mol. The molecule has 0 radical (unpaired) electrons. The molecule has 2 N–H and O–H groups in total. The van der Waals surface area contributed by atoms with E-state index in [1.807, 2.05) is 31.2 Å². The van der Waals surface area contributed by atoms with Gasteiger partial charge in [0.25, 0.3) is 0 Å². The summed E-state index contributed by atoms with van der Waals surface area (Å²) in [5.74, 6) is -0.433. The fourth-order valence-electron chi connectivity index (χ4n) is 1.98. The summed E-state index contributed by atoms with van der Waals surface area (Å²) >= 11 is 6.03. The van der Waals surface area contributed by atoms with Crippen LogP contribution in [-0.2, 0) is 9.59 Å². The van der Waals surface area contributed by atoms with E-state index in [9.17, 15) is 9.59 Å². The second kappa shape index (κ2) is 7.61. The first-order valence-corrected chi connectivity index (χ1v) is 7.45. The van der Waals surface area contributed by atoms with Crippen molar-refractivity contribution >= 4 is 40.9 Å². The Morgan fingerprint density at radius 3 is 2.52 bits per heavy atom. The number of anilines is 2. The number of hydrogen-bond donors (Lipinski definition) is 2. The van der Waals surface area contributed by atoms with Crippen molar-refractivity contribution in [1.29, 1.82) is 0 Å². The van der Waals surface area contributed by atoms with Gasteiger partial charge in [0.05, 0.1) is 0 Å². The fourth-order valence-corrected chi connectivity index (χ4v) is 2.18. The van der Waals surface area contributed by atoms with Crippen LogP contribution in [0.3, 0.4) is 0 Å². The molecule has 2 aromatic rings. The van der Waals surface area contributed by atoms with E-state index in [0.29, 0.717) is 16.4 Å². The van der Waals surface area contributed by atoms with Gasteiger partial charge in [0.1, 0.15) is 0 Å². The molecule has 118 valence electrons. The van der Waals surface area contributed by atoms with E-state index in [2.05, 4.69) is 10.6 Å². The first-order chi connectivity index (χ1) is 11.0. The van der Waals surface area contributed by atoms with Gasteiger partial charge in [-0.25, -0.2) is 0 Å². The molecule has 2 rings (SSSR count). The van der Waals surface area contributed by atoms with Crippen LogP contribution in [0, 0.1) is 6.92 Å². The van der Waals surface area contributed by atoms with Gasteiger partial charge in [0.15, 0.2) is 0 Å². The molecular weight excluding hydrogens is 312 g/mol. The molecule has 0 aliphatic rings. The first kappa shape index (κ1) is 16.8. The number of hydrogen-bond acceptors (Lipinski definition) is 2. The first-order valence-electron chi connectivity index (χ1n) is 7.07. The Balaban J connectivity index is 2.08. The van der Waals surface area contributed by atoms with Crippen molar-refractivity contribution in [2.24, 2.45) is 0 Å². The summed E-state index contributed by atoms with van der Waals surface area (Å²) in [5, 5.41) is 6.06. The maximum atomic E-state index is 12.0. The molecule has 0 unspecified atom stereocenters. The molecule has 0 saturated carbocycles. The van der Waals surface area contributed by atoms with Crippen molar-refractivity contribution in [2.75, 3.05) is 10.6 Å². The minimum Gasteiger partial charge on any atom is -0.326 e. The van der Waals surface area contributed by atoms with Crippen LogP contribution in [0.2, 0.25) is 5.02 Å². The van der Waals surface area contributed by atoms with Crippen LogP contribution in [0.25, 0.3) is 6.08 Å². The van der Waals surface area contributed by atoms with Gasteiger partial charge in [0.2, 0.25) is 11.8 Å². The molecule has 23 heavy (non-hydrogen) atoms. The maximum absolute atomic E-state index is 12.0. The SMILES string of the molecule is CC(=O)Nc1cc(NC(=O)/C=C/c2ccccc2Cl)ccc1C. The second-order valence-electron chi connectivity index (χ2n) is 5.05. The molecule has 4 nitrogen and oxygen atoms in total. The number of halogens is 1. The summed E-state index contributed by atoms with van der Waals surface area (Å²) < 4.78 is 0. The smallest absolute Gasteiger partial charge is 0.248 e. The lowest BCUT2D eigenvalue weighted by Gasteiger charge is -2.09. The number of benzene rings is 2. The molecule has 0 aliphatic carbocycles. The third-order valence-electron chi connectivity index (χ3n) is 3.14. The number of aryl methyl sites for hydroxylation is 1. The highest BCUT2D eigenvalue weighted by atomic mass is 35.5. The van der Waals surface area contributed by atoms with Crippen LogP contribution in [0.1, 0.15) is 18.1 Å². The molecule has 0 bridgehead atoms. The standard InChI is InChI=1S/C18H17ClN2O2/c1-12-7-9-15(11-17(12)20-13(2)22)21-18(23)10-8-14-5-3-4-6-16(14)19/h3-11H,1-2H3,(H,20,22)(H,21,23)/b10-8+. The van der Waals surface area contributed by atoms with Gasteiger partial charge in [-0.05, 0) is 42.3 Å². The monoisotopic (exact) mass is 328 g/mol. The topological polar surface area (TPSA) is 58.2 Å². The third-order valence-corrected chi connectivity index (χ3v) is 3.48. The number of amides is 2. The molecule has 0 atom stereocenters.